The monoisotopic (exact) mass is 431 g/mol. The maximum absolute atomic E-state index is 12.8. The molecule has 0 bridgehead atoms. The summed E-state index contributed by atoms with van der Waals surface area (Å²) >= 11 is 0. The molecule has 0 spiro atoms. The highest BCUT2D eigenvalue weighted by Crippen LogP contribution is 2.29. The molecular weight excluding hydrogens is 398 g/mol. The summed E-state index contributed by atoms with van der Waals surface area (Å²) in [6, 6.07) is 8.91. The number of aliphatic hydroxyl groups is 1. The standard InChI is InChI=1S/C23H33N3O5/c24-9-2-1-3-13-30-15-11-26-23(29)20-6-4-5-19-21(25-10-14-31-16-12-27)8-7-18(17-28)22(19)20/h4-8,17,25,27H,1-3,9-16,24H2,(H,26,29). The molecule has 0 aliphatic heterocycles. The topological polar surface area (TPSA) is 123 Å². The number of ether oxygens (including phenoxy) is 2. The fourth-order valence-corrected chi connectivity index (χ4v) is 3.26. The Hall–Kier alpha value is -2.52. The van der Waals surface area contributed by atoms with Gasteiger partial charge in [-0.3, -0.25) is 9.59 Å². The first-order valence-electron chi connectivity index (χ1n) is 10.7. The number of benzene rings is 2. The molecule has 0 atom stereocenters. The molecule has 170 valence electrons. The van der Waals surface area contributed by atoms with Gasteiger partial charge in [-0.05, 0) is 44.0 Å². The van der Waals surface area contributed by atoms with E-state index in [9.17, 15) is 9.59 Å². The summed E-state index contributed by atoms with van der Waals surface area (Å²) in [5.41, 5.74) is 7.18. The van der Waals surface area contributed by atoms with Crippen LogP contribution in [0.5, 0.6) is 0 Å². The Morgan fingerprint density at radius 3 is 2.58 bits per heavy atom. The van der Waals surface area contributed by atoms with Gasteiger partial charge < -0.3 is 30.9 Å². The smallest absolute Gasteiger partial charge is 0.252 e. The summed E-state index contributed by atoms with van der Waals surface area (Å²) in [6.45, 7) is 3.40. The number of nitrogens with one attached hydrogen (secondary N) is 2. The van der Waals surface area contributed by atoms with Crippen molar-refractivity contribution in [2.24, 2.45) is 5.73 Å². The number of aliphatic hydroxyl groups excluding tert-OH is 1. The molecule has 8 heteroatoms. The Morgan fingerprint density at radius 2 is 1.81 bits per heavy atom. The second-order valence-electron chi connectivity index (χ2n) is 7.03. The van der Waals surface area contributed by atoms with Crippen molar-refractivity contribution in [3.8, 4) is 0 Å². The Labute approximate surface area is 183 Å². The van der Waals surface area contributed by atoms with Crippen LogP contribution in [-0.2, 0) is 9.47 Å². The summed E-state index contributed by atoms with van der Waals surface area (Å²) in [5, 5.41) is 16.3. The second kappa shape index (κ2) is 14.5. The number of amides is 1. The fourth-order valence-electron chi connectivity index (χ4n) is 3.26. The molecule has 2 aromatic rings. The lowest BCUT2D eigenvalue weighted by molar-refractivity contribution is 0.0913. The maximum Gasteiger partial charge on any atom is 0.252 e. The Bertz CT molecular complexity index is 828. The van der Waals surface area contributed by atoms with E-state index >= 15 is 0 Å². The van der Waals surface area contributed by atoms with Crippen molar-refractivity contribution < 1.29 is 24.2 Å². The van der Waals surface area contributed by atoms with Crippen molar-refractivity contribution in [2.75, 3.05) is 58.0 Å². The molecule has 0 saturated carbocycles. The highest BCUT2D eigenvalue weighted by molar-refractivity contribution is 6.15. The van der Waals surface area contributed by atoms with Crippen molar-refractivity contribution in [3.63, 3.8) is 0 Å². The summed E-state index contributed by atoms with van der Waals surface area (Å²) < 4.78 is 10.8. The van der Waals surface area contributed by atoms with Gasteiger partial charge in [-0.2, -0.15) is 0 Å². The molecule has 1 amide bonds. The van der Waals surface area contributed by atoms with E-state index in [0.717, 1.165) is 36.6 Å². The number of hydrogen-bond acceptors (Lipinski definition) is 7. The van der Waals surface area contributed by atoms with Gasteiger partial charge in [0, 0.05) is 47.3 Å². The van der Waals surface area contributed by atoms with E-state index in [4.69, 9.17) is 20.3 Å². The van der Waals surface area contributed by atoms with Gasteiger partial charge in [0.25, 0.3) is 5.91 Å². The highest BCUT2D eigenvalue weighted by atomic mass is 16.5. The molecule has 0 unspecified atom stereocenters. The summed E-state index contributed by atoms with van der Waals surface area (Å²) in [7, 11) is 0. The van der Waals surface area contributed by atoms with Crippen LogP contribution in [0.3, 0.4) is 0 Å². The van der Waals surface area contributed by atoms with Gasteiger partial charge in [-0.15, -0.1) is 0 Å². The number of nitrogens with two attached hydrogens (primary N) is 1. The van der Waals surface area contributed by atoms with E-state index < -0.39 is 0 Å². The molecule has 0 radical (unpaired) electrons. The number of carbonyl (C=O) groups is 2. The lowest BCUT2D eigenvalue weighted by atomic mass is 9.97. The van der Waals surface area contributed by atoms with Crippen LogP contribution in [0.1, 0.15) is 40.0 Å². The average molecular weight is 432 g/mol. The van der Waals surface area contributed by atoms with Crippen molar-refractivity contribution >= 4 is 28.7 Å². The largest absolute Gasteiger partial charge is 0.394 e. The molecule has 31 heavy (non-hydrogen) atoms. The van der Waals surface area contributed by atoms with Gasteiger partial charge in [0.2, 0.25) is 0 Å². The average Bonchev–Trinajstić information content (AvgIpc) is 2.80. The van der Waals surface area contributed by atoms with Crippen molar-refractivity contribution in [3.05, 3.63) is 41.5 Å². The zero-order valence-corrected chi connectivity index (χ0v) is 17.9. The molecule has 8 nitrogen and oxygen atoms in total. The minimum absolute atomic E-state index is 0.0191. The number of fused-ring (bicyclic) bond motifs is 1. The third-order valence-corrected chi connectivity index (χ3v) is 4.77. The van der Waals surface area contributed by atoms with Crippen LogP contribution < -0.4 is 16.4 Å². The van der Waals surface area contributed by atoms with E-state index in [0.29, 0.717) is 56.0 Å². The van der Waals surface area contributed by atoms with Crippen molar-refractivity contribution in [2.45, 2.75) is 19.3 Å². The first kappa shape index (κ1) is 24.7. The Kier molecular flexibility index (Phi) is 11.6. The number of anilines is 1. The van der Waals surface area contributed by atoms with Gasteiger partial charge in [-0.1, -0.05) is 12.1 Å². The van der Waals surface area contributed by atoms with Gasteiger partial charge in [0.1, 0.15) is 0 Å². The number of unbranched alkanes of at least 4 members (excludes halogenated alkanes) is 2. The van der Waals surface area contributed by atoms with Gasteiger partial charge >= 0.3 is 0 Å². The van der Waals surface area contributed by atoms with Gasteiger partial charge in [-0.25, -0.2) is 0 Å². The predicted octanol–water partition coefficient (Wildman–Crippen LogP) is 1.95. The number of rotatable bonds is 16. The molecule has 0 aromatic heterocycles. The normalized spacial score (nSPS) is 10.9. The molecule has 0 aliphatic rings. The molecule has 0 aliphatic carbocycles. The van der Waals surface area contributed by atoms with Crippen LogP contribution in [-0.4, -0.2) is 70.0 Å². The van der Waals surface area contributed by atoms with E-state index in [1.807, 2.05) is 12.1 Å². The van der Waals surface area contributed by atoms with Crippen LogP contribution in [0, 0.1) is 0 Å². The Balaban J connectivity index is 2.01. The van der Waals surface area contributed by atoms with E-state index in [1.165, 1.54) is 0 Å². The van der Waals surface area contributed by atoms with E-state index in [2.05, 4.69) is 10.6 Å². The molecule has 2 aromatic carbocycles. The van der Waals surface area contributed by atoms with Crippen LogP contribution >= 0.6 is 0 Å². The minimum atomic E-state index is -0.246. The molecule has 0 saturated heterocycles. The van der Waals surface area contributed by atoms with Crippen LogP contribution in [0.4, 0.5) is 5.69 Å². The minimum Gasteiger partial charge on any atom is -0.394 e. The number of carbonyl (C=O) groups excluding carboxylic acids is 2. The fraction of sp³-hybridized carbons (Fsp3) is 0.478. The van der Waals surface area contributed by atoms with Crippen LogP contribution in [0.15, 0.2) is 30.3 Å². The third-order valence-electron chi connectivity index (χ3n) is 4.77. The Morgan fingerprint density at radius 1 is 1.00 bits per heavy atom. The zero-order valence-electron chi connectivity index (χ0n) is 17.9. The molecule has 2 rings (SSSR count). The van der Waals surface area contributed by atoms with E-state index in [-0.39, 0.29) is 19.1 Å². The summed E-state index contributed by atoms with van der Waals surface area (Å²) in [6.07, 6.45) is 3.75. The van der Waals surface area contributed by atoms with Crippen LogP contribution in [0.25, 0.3) is 10.8 Å². The highest BCUT2D eigenvalue weighted by Gasteiger charge is 2.15. The van der Waals surface area contributed by atoms with Gasteiger partial charge in [0.05, 0.1) is 26.4 Å². The number of aldehydes is 1. The first-order valence-corrected chi connectivity index (χ1v) is 10.7. The molecule has 5 N–H and O–H groups in total. The number of hydrogen-bond donors (Lipinski definition) is 4. The third kappa shape index (κ3) is 7.91. The SMILES string of the molecule is NCCCCCOCCNC(=O)c1cccc2c(NCCOCCO)ccc(C=O)c12. The lowest BCUT2D eigenvalue weighted by Gasteiger charge is -2.14. The maximum atomic E-state index is 12.8. The molecule has 0 heterocycles. The predicted molar refractivity (Wildman–Crippen MR) is 122 cm³/mol. The molecular formula is C23H33N3O5. The molecule has 0 fully saturated rings. The van der Waals surface area contributed by atoms with Crippen molar-refractivity contribution in [1.29, 1.82) is 0 Å². The second-order valence-corrected chi connectivity index (χ2v) is 7.03. The van der Waals surface area contributed by atoms with Crippen LogP contribution in [0.2, 0.25) is 0 Å². The van der Waals surface area contributed by atoms with Gasteiger partial charge in [0.15, 0.2) is 6.29 Å². The van der Waals surface area contributed by atoms with E-state index in [1.54, 1.807) is 18.2 Å². The summed E-state index contributed by atoms with van der Waals surface area (Å²) in [5.74, 6) is -0.246. The zero-order chi connectivity index (χ0) is 22.3. The quantitative estimate of drug-likeness (QED) is 0.237. The van der Waals surface area contributed by atoms with Crippen molar-refractivity contribution in [1.82, 2.24) is 5.32 Å². The first-order chi connectivity index (χ1) is 15.2. The summed E-state index contributed by atoms with van der Waals surface area (Å²) in [4.78, 5) is 24.4. The lowest BCUT2D eigenvalue weighted by Crippen LogP contribution is -2.27.